The number of carbonyl (C=O) groups is 2. The monoisotopic (exact) mass is 300 g/mol. The van der Waals surface area contributed by atoms with Gasteiger partial charge in [-0.2, -0.15) is 0 Å². The van der Waals surface area contributed by atoms with Crippen LogP contribution < -0.4 is 0 Å². The second-order valence-corrected chi connectivity index (χ2v) is 6.43. The Bertz CT molecular complexity index is 449. The van der Waals surface area contributed by atoms with Gasteiger partial charge in [0.2, 0.25) is 0 Å². The molecule has 0 aromatic heterocycles. The van der Waals surface area contributed by atoms with Gasteiger partial charge in [0.25, 0.3) is 0 Å². The number of esters is 1. The van der Waals surface area contributed by atoms with Crippen LogP contribution in [0.3, 0.4) is 0 Å². The first-order valence-electron chi connectivity index (χ1n) is 5.86. The number of hydrogen-bond acceptors (Lipinski definition) is 4. The third-order valence-electron chi connectivity index (χ3n) is 2.04. The molecular formula is C14H17ClO3S. The highest BCUT2D eigenvalue weighted by molar-refractivity contribution is 8.00. The Morgan fingerprint density at radius 3 is 2.26 bits per heavy atom. The van der Waals surface area contributed by atoms with Crippen LogP contribution in [0.1, 0.15) is 31.1 Å². The summed E-state index contributed by atoms with van der Waals surface area (Å²) in [7, 11) is 0. The molecule has 1 aromatic rings. The maximum absolute atomic E-state index is 11.8. The van der Waals surface area contributed by atoms with Crippen LogP contribution in [0.2, 0.25) is 5.02 Å². The lowest BCUT2D eigenvalue weighted by molar-refractivity contribution is -0.151. The molecule has 0 radical (unpaired) electrons. The van der Waals surface area contributed by atoms with Gasteiger partial charge in [-0.1, -0.05) is 11.6 Å². The minimum Gasteiger partial charge on any atom is -0.459 e. The summed E-state index contributed by atoms with van der Waals surface area (Å²) in [5.41, 5.74) is 0.110. The lowest BCUT2D eigenvalue weighted by Gasteiger charge is -2.19. The van der Waals surface area contributed by atoms with E-state index >= 15 is 0 Å². The van der Waals surface area contributed by atoms with Gasteiger partial charge >= 0.3 is 5.97 Å². The Labute approximate surface area is 122 Å². The van der Waals surface area contributed by atoms with E-state index in [2.05, 4.69) is 0 Å². The molecule has 0 saturated heterocycles. The highest BCUT2D eigenvalue weighted by Gasteiger charge is 2.16. The van der Waals surface area contributed by atoms with Gasteiger partial charge in [-0.3, -0.25) is 9.59 Å². The van der Waals surface area contributed by atoms with Gasteiger partial charge < -0.3 is 4.74 Å². The van der Waals surface area contributed by atoms with Gasteiger partial charge in [0.1, 0.15) is 5.60 Å². The quantitative estimate of drug-likeness (QED) is 0.615. The van der Waals surface area contributed by atoms with E-state index in [1.807, 2.05) is 20.8 Å². The Kier molecular flexibility index (Phi) is 5.88. The highest BCUT2D eigenvalue weighted by Crippen LogP contribution is 2.14. The van der Waals surface area contributed by atoms with Crippen molar-refractivity contribution in [2.45, 2.75) is 26.4 Å². The third-order valence-corrected chi connectivity index (χ3v) is 3.20. The first kappa shape index (κ1) is 16.1. The van der Waals surface area contributed by atoms with E-state index in [-0.39, 0.29) is 23.3 Å². The topological polar surface area (TPSA) is 43.4 Å². The summed E-state index contributed by atoms with van der Waals surface area (Å²) in [4.78, 5) is 23.3. The molecule has 1 rings (SSSR count). The molecule has 0 aliphatic heterocycles. The molecule has 0 aliphatic rings. The molecule has 0 fully saturated rings. The number of benzene rings is 1. The van der Waals surface area contributed by atoms with Crippen LogP contribution in [-0.4, -0.2) is 28.9 Å². The van der Waals surface area contributed by atoms with E-state index in [0.29, 0.717) is 10.6 Å². The van der Waals surface area contributed by atoms with Crippen LogP contribution in [0.15, 0.2) is 24.3 Å². The molecule has 0 amide bonds. The molecule has 0 atom stereocenters. The van der Waals surface area contributed by atoms with Crippen molar-refractivity contribution in [1.29, 1.82) is 0 Å². The zero-order valence-corrected chi connectivity index (χ0v) is 12.8. The fourth-order valence-electron chi connectivity index (χ4n) is 1.32. The summed E-state index contributed by atoms with van der Waals surface area (Å²) in [6.45, 7) is 5.44. The highest BCUT2D eigenvalue weighted by atomic mass is 35.5. The standard InChI is InChI=1S/C14H17ClO3S/c1-14(2,3)18-13(17)9-19-8-12(16)10-4-6-11(15)7-5-10/h4-7H,8-9H2,1-3H3. The van der Waals surface area contributed by atoms with Crippen LogP contribution in [0.4, 0.5) is 0 Å². The summed E-state index contributed by atoms with van der Waals surface area (Å²) in [5, 5.41) is 0.595. The number of ether oxygens (including phenoxy) is 1. The summed E-state index contributed by atoms with van der Waals surface area (Å²) in [5.74, 6) is 0.101. The fourth-order valence-corrected chi connectivity index (χ4v) is 2.12. The minimum atomic E-state index is -0.488. The molecule has 0 heterocycles. The van der Waals surface area contributed by atoms with Crippen molar-refractivity contribution in [1.82, 2.24) is 0 Å². The van der Waals surface area contributed by atoms with Crippen LogP contribution >= 0.6 is 23.4 Å². The summed E-state index contributed by atoms with van der Waals surface area (Å²) in [6, 6.07) is 6.71. The lowest BCUT2D eigenvalue weighted by Crippen LogP contribution is -2.25. The second kappa shape index (κ2) is 6.96. The van der Waals surface area contributed by atoms with E-state index in [9.17, 15) is 9.59 Å². The molecule has 0 saturated carbocycles. The van der Waals surface area contributed by atoms with Gasteiger partial charge in [-0.05, 0) is 45.0 Å². The van der Waals surface area contributed by atoms with E-state index in [1.54, 1.807) is 24.3 Å². The smallest absolute Gasteiger partial charge is 0.316 e. The van der Waals surface area contributed by atoms with Crippen molar-refractivity contribution in [3.8, 4) is 0 Å². The summed E-state index contributed by atoms with van der Waals surface area (Å²) in [6.07, 6.45) is 0. The van der Waals surface area contributed by atoms with Crippen molar-refractivity contribution < 1.29 is 14.3 Å². The Morgan fingerprint density at radius 2 is 1.74 bits per heavy atom. The Morgan fingerprint density at radius 1 is 1.16 bits per heavy atom. The molecule has 0 bridgehead atoms. The predicted molar refractivity (Wildman–Crippen MR) is 79.0 cm³/mol. The zero-order chi connectivity index (χ0) is 14.5. The first-order valence-corrected chi connectivity index (χ1v) is 7.39. The summed E-state index contributed by atoms with van der Waals surface area (Å²) >= 11 is 7.00. The zero-order valence-electron chi connectivity index (χ0n) is 11.2. The largest absolute Gasteiger partial charge is 0.459 e. The van der Waals surface area contributed by atoms with Crippen LogP contribution in [-0.2, 0) is 9.53 Å². The van der Waals surface area contributed by atoms with E-state index < -0.39 is 5.60 Å². The molecular weight excluding hydrogens is 284 g/mol. The molecule has 0 N–H and O–H groups in total. The SMILES string of the molecule is CC(C)(C)OC(=O)CSCC(=O)c1ccc(Cl)cc1. The van der Waals surface area contributed by atoms with E-state index in [1.165, 1.54) is 11.8 Å². The second-order valence-electron chi connectivity index (χ2n) is 5.01. The minimum absolute atomic E-state index is 0.0229. The molecule has 1 aromatic carbocycles. The molecule has 0 aliphatic carbocycles. The van der Waals surface area contributed by atoms with Crippen LogP contribution in [0.25, 0.3) is 0 Å². The van der Waals surface area contributed by atoms with Crippen LogP contribution in [0.5, 0.6) is 0 Å². The molecule has 104 valence electrons. The van der Waals surface area contributed by atoms with Crippen molar-refractivity contribution >= 4 is 35.1 Å². The molecule has 0 unspecified atom stereocenters. The number of halogens is 1. The first-order chi connectivity index (χ1) is 8.78. The maximum Gasteiger partial charge on any atom is 0.316 e. The van der Waals surface area contributed by atoms with Crippen molar-refractivity contribution in [2.75, 3.05) is 11.5 Å². The number of Topliss-reactive ketones (excluding diaryl/α,β-unsaturated/α-hetero) is 1. The van der Waals surface area contributed by atoms with Gasteiger partial charge in [-0.15, -0.1) is 11.8 Å². The van der Waals surface area contributed by atoms with Crippen molar-refractivity contribution in [3.05, 3.63) is 34.9 Å². The summed E-state index contributed by atoms with van der Waals surface area (Å²) < 4.78 is 5.15. The molecule has 19 heavy (non-hydrogen) atoms. The lowest BCUT2D eigenvalue weighted by atomic mass is 10.1. The predicted octanol–water partition coefficient (Wildman–Crippen LogP) is 3.60. The van der Waals surface area contributed by atoms with E-state index in [4.69, 9.17) is 16.3 Å². The Balaban J connectivity index is 2.35. The number of rotatable bonds is 5. The van der Waals surface area contributed by atoms with Crippen molar-refractivity contribution in [2.24, 2.45) is 0 Å². The average molecular weight is 301 g/mol. The average Bonchev–Trinajstić information content (AvgIpc) is 2.27. The fraction of sp³-hybridized carbons (Fsp3) is 0.429. The number of carbonyl (C=O) groups excluding carboxylic acids is 2. The van der Waals surface area contributed by atoms with E-state index in [0.717, 1.165) is 0 Å². The van der Waals surface area contributed by atoms with Gasteiger partial charge in [0.05, 0.1) is 11.5 Å². The Hall–Kier alpha value is -1.00. The normalized spacial score (nSPS) is 11.2. The number of hydrogen-bond donors (Lipinski definition) is 0. The van der Waals surface area contributed by atoms with Gasteiger partial charge in [0.15, 0.2) is 5.78 Å². The number of ketones is 1. The number of thioether (sulfide) groups is 1. The molecule has 3 nitrogen and oxygen atoms in total. The maximum atomic E-state index is 11.8. The molecule has 0 spiro atoms. The third kappa shape index (κ3) is 6.64. The molecule has 5 heteroatoms. The van der Waals surface area contributed by atoms with Crippen molar-refractivity contribution in [3.63, 3.8) is 0 Å². The van der Waals surface area contributed by atoms with Gasteiger partial charge in [-0.25, -0.2) is 0 Å². The van der Waals surface area contributed by atoms with Gasteiger partial charge in [0, 0.05) is 10.6 Å². The van der Waals surface area contributed by atoms with Crippen LogP contribution in [0, 0.1) is 0 Å².